The molecule has 1 N–H and O–H groups in total. The van der Waals surface area contributed by atoms with E-state index in [4.69, 9.17) is 9.47 Å². The number of piperidine rings is 1. The molecule has 29 heavy (non-hydrogen) atoms. The number of benzene rings is 2. The monoisotopic (exact) mass is 395 g/mol. The highest BCUT2D eigenvalue weighted by Gasteiger charge is 2.25. The van der Waals surface area contributed by atoms with Crippen LogP contribution in [0.5, 0.6) is 11.5 Å². The fraction of sp³-hybridized carbons (Fsp3) is 0.391. The van der Waals surface area contributed by atoms with Crippen LogP contribution in [0, 0.1) is 5.92 Å². The van der Waals surface area contributed by atoms with Gasteiger partial charge < -0.3 is 19.5 Å². The zero-order valence-corrected chi connectivity index (χ0v) is 16.3. The smallest absolute Gasteiger partial charge is 0.335 e. The molecule has 6 heteroatoms. The Morgan fingerprint density at radius 3 is 2.48 bits per heavy atom. The number of amides is 1. The second kappa shape index (κ2) is 8.55. The van der Waals surface area contributed by atoms with E-state index in [0.717, 1.165) is 31.2 Å². The lowest BCUT2D eigenvalue weighted by molar-refractivity contribution is 0.0690. The van der Waals surface area contributed by atoms with Gasteiger partial charge in [0.05, 0.1) is 18.8 Å². The van der Waals surface area contributed by atoms with Crippen LogP contribution < -0.4 is 9.47 Å². The predicted octanol–water partition coefficient (Wildman–Crippen LogP) is 3.64. The van der Waals surface area contributed by atoms with E-state index in [9.17, 15) is 14.7 Å². The van der Waals surface area contributed by atoms with Gasteiger partial charge in [-0.1, -0.05) is 18.2 Å². The number of fused-ring (bicyclic) bond motifs is 1. The predicted molar refractivity (Wildman–Crippen MR) is 108 cm³/mol. The number of likely N-dealkylation sites (tertiary alicyclic amines) is 1. The molecule has 0 atom stereocenters. The zero-order valence-electron chi connectivity index (χ0n) is 16.3. The summed E-state index contributed by atoms with van der Waals surface area (Å²) in [6.07, 6.45) is 3.29. The van der Waals surface area contributed by atoms with E-state index in [1.165, 1.54) is 0 Å². The van der Waals surface area contributed by atoms with E-state index in [1.807, 2.05) is 23.1 Å². The molecule has 0 saturated carbocycles. The third-order valence-electron chi connectivity index (χ3n) is 5.65. The van der Waals surface area contributed by atoms with Crippen molar-refractivity contribution in [3.05, 3.63) is 59.2 Å². The molecule has 0 bridgehead atoms. The first kappa shape index (κ1) is 19.3. The third kappa shape index (κ3) is 4.36. The fourth-order valence-corrected chi connectivity index (χ4v) is 4.04. The van der Waals surface area contributed by atoms with Crippen molar-refractivity contribution in [3.63, 3.8) is 0 Å². The van der Waals surface area contributed by atoms with Gasteiger partial charge in [-0.05, 0) is 55.0 Å². The van der Waals surface area contributed by atoms with Gasteiger partial charge in [0, 0.05) is 25.1 Å². The SMILES string of the molecule is O=C(O)c1ccccc1CC1CCN(C(=O)c2ccc3c(c2)OCCCO3)CC1. The molecule has 152 valence electrons. The first-order valence-corrected chi connectivity index (χ1v) is 10.1. The van der Waals surface area contributed by atoms with Crippen LogP contribution in [-0.2, 0) is 6.42 Å². The number of carboxylic acid groups (broad SMARTS) is 1. The molecular weight excluding hydrogens is 370 g/mol. The van der Waals surface area contributed by atoms with Crippen molar-refractivity contribution < 1.29 is 24.2 Å². The molecule has 0 radical (unpaired) electrons. The maximum atomic E-state index is 12.9. The van der Waals surface area contributed by atoms with Gasteiger partial charge in [-0.3, -0.25) is 4.79 Å². The molecule has 4 rings (SSSR count). The minimum Gasteiger partial charge on any atom is -0.490 e. The van der Waals surface area contributed by atoms with E-state index in [0.29, 0.717) is 54.8 Å². The van der Waals surface area contributed by atoms with Gasteiger partial charge in [-0.2, -0.15) is 0 Å². The van der Waals surface area contributed by atoms with E-state index in [-0.39, 0.29) is 5.91 Å². The average Bonchev–Trinajstić information content (AvgIpc) is 2.99. The van der Waals surface area contributed by atoms with Crippen LogP contribution in [0.1, 0.15) is 45.5 Å². The number of ether oxygens (including phenoxy) is 2. The number of aromatic carboxylic acids is 1. The Morgan fingerprint density at radius 2 is 1.72 bits per heavy atom. The molecule has 2 aliphatic heterocycles. The molecule has 2 aromatic rings. The van der Waals surface area contributed by atoms with Crippen molar-refractivity contribution in [2.24, 2.45) is 5.92 Å². The second-order valence-electron chi connectivity index (χ2n) is 7.61. The molecule has 0 unspecified atom stereocenters. The summed E-state index contributed by atoms with van der Waals surface area (Å²) in [6.45, 7) is 2.56. The zero-order chi connectivity index (χ0) is 20.2. The Balaban J connectivity index is 1.38. The van der Waals surface area contributed by atoms with E-state index in [1.54, 1.807) is 24.3 Å². The summed E-state index contributed by atoms with van der Waals surface area (Å²) in [5, 5.41) is 9.37. The lowest BCUT2D eigenvalue weighted by Crippen LogP contribution is -2.39. The number of rotatable bonds is 4. The summed E-state index contributed by atoms with van der Waals surface area (Å²) in [4.78, 5) is 26.2. The lowest BCUT2D eigenvalue weighted by Gasteiger charge is -2.32. The molecule has 1 amide bonds. The number of carbonyl (C=O) groups excluding carboxylic acids is 1. The molecule has 0 aliphatic carbocycles. The maximum Gasteiger partial charge on any atom is 0.335 e. The lowest BCUT2D eigenvalue weighted by atomic mass is 9.88. The molecule has 2 aromatic carbocycles. The first-order chi connectivity index (χ1) is 14.1. The first-order valence-electron chi connectivity index (χ1n) is 10.1. The van der Waals surface area contributed by atoms with Crippen molar-refractivity contribution in [1.29, 1.82) is 0 Å². The summed E-state index contributed by atoms with van der Waals surface area (Å²) >= 11 is 0. The molecule has 2 aliphatic rings. The largest absolute Gasteiger partial charge is 0.490 e. The Labute approximate surface area is 170 Å². The van der Waals surface area contributed by atoms with Crippen LogP contribution in [-0.4, -0.2) is 48.2 Å². The van der Waals surface area contributed by atoms with Crippen LogP contribution in [0.4, 0.5) is 0 Å². The van der Waals surface area contributed by atoms with Crippen molar-refractivity contribution >= 4 is 11.9 Å². The molecule has 0 spiro atoms. The van der Waals surface area contributed by atoms with Gasteiger partial charge in [-0.15, -0.1) is 0 Å². The van der Waals surface area contributed by atoms with Crippen molar-refractivity contribution in [2.75, 3.05) is 26.3 Å². The summed E-state index contributed by atoms with van der Waals surface area (Å²) in [5.74, 6) is 0.819. The normalized spacial score (nSPS) is 16.9. The minimum atomic E-state index is -0.886. The quantitative estimate of drug-likeness (QED) is 0.855. The molecule has 1 saturated heterocycles. The van der Waals surface area contributed by atoms with Crippen LogP contribution in [0.2, 0.25) is 0 Å². The van der Waals surface area contributed by atoms with Gasteiger partial charge in [0.15, 0.2) is 11.5 Å². The highest BCUT2D eigenvalue weighted by Crippen LogP contribution is 2.31. The number of carboxylic acids is 1. The van der Waals surface area contributed by atoms with Gasteiger partial charge >= 0.3 is 5.97 Å². The number of hydrogen-bond acceptors (Lipinski definition) is 4. The molecular formula is C23H25NO5. The van der Waals surface area contributed by atoms with Gasteiger partial charge in [0.1, 0.15) is 0 Å². The van der Waals surface area contributed by atoms with Crippen molar-refractivity contribution in [2.45, 2.75) is 25.7 Å². The number of hydrogen-bond donors (Lipinski definition) is 1. The van der Waals surface area contributed by atoms with E-state index in [2.05, 4.69) is 0 Å². The van der Waals surface area contributed by atoms with E-state index >= 15 is 0 Å². The Hall–Kier alpha value is -3.02. The van der Waals surface area contributed by atoms with Crippen LogP contribution in [0.3, 0.4) is 0 Å². The summed E-state index contributed by atoms with van der Waals surface area (Å²) in [5.41, 5.74) is 1.86. The second-order valence-corrected chi connectivity index (χ2v) is 7.61. The van der Waals surface area contributed by atoms with Crippen LogP contribution >= 0.6 is 0 Å². The minimum absolute atomic E-state index is 0.00466. The molecule has 6 nitrogen and oxygen atoms in total. The maximum absolute atomic E-state index is 12.9. The molecule has 0 aromatic heterocycles. The molecule has 1 fully saturated rings. The Morgan fingerprint density at radius 1 is 1.00 bits per heavy atom. The summed E-state index contributed by atoms with van der Waals surface area (Å²) in [7, 11) is 0. The summed E-state index contributed by atoms with van der Waals surface area (Å²) < 4.78 is 11.3. The highest BCUT2D eigenvalue weighted by molar-refractivity contribution is 5.95. The highest BCUT2D eigenvalue weighted by atomic mass is 16.5. The average molecular weight is 395 g/mol. The standard InChI is InChI=1S/C23H25NO5/c25-22(18-6-7-20-21(15-18)29-13-3-12-28-20)24-10-8-16(9-11-24)14-17-4-1-2-5-19(17)23(26)27/h1-2,4-7,15-16H,3,8-14H2,(H,26,27). The van der Waals surface area contributed by atoms with E-state index < -0.39 is 5.97 Å². The van der Waals surface area contributed by atoms with Crippen molar-refractivity contribution in [1.82, 2.24) is 4.90 Å². The fourth-order valence-electron chi connectivity index (χ4n) is 4.04. The molecule has 2 heterocycles. The number of carbonyl (C=O) groups is 2. The topological polar surface area (TPSA) is 76.1 Å². The van der Waals surface area contributed by atoms with Crippen LogP contribution in [0.25, 0.3) is 0 Å². The third-order valence-corrected chi connectivity index (χ3v) is 5.65. The van der Waals surface area contributed by atoms with Gasteiger partial charge in [-0.25, -0.2) is 4.79 Å². The van der Waals surface area contributed by atoms with Gasteiger partial charge in [0.2, 0.25) is 0 Å². The van der Waals surface area contributed by atoms with Crippen molar-refractivity contribution in [3.8, 4) is 11.5 Å². The van der Waals surface area contributed by atoms with Gasteiger partial charge in [0.25, 0.3) is 5.91 Å². The Kier molecular flexibility index (Phi) is 5.69. The summed E-state index contributed by atoms with van der Waals surface area (Å²) in [6, 6.07) is 12.6. The van der Waals surface area contributed by atoms with Crippen LogP contribution in [0.15, 0.2) is 42.5 Å². The Bertz CT molecular complexity index is 902. The number of nitrogens with zero attached hydrogens (tertiary/aromatic N) is 1.